The van der Waals surface area contributed by atoms with Crippen LogP contribution in [0.15, 0.2) is 30.3 Å². The van der Waals surface area contributed by atoms with Crippen molar-refractivity contribution in [2.24, 2.45) is 5.92 Å². The first-order chi connectivity index (χ1) is 9.09. The van der Waals surface area contributed by atoms with Crippen molar-refractivity contribution in [3.05, 3.63) is 35.9 Å². The van der Waals surface area contributed by atoms with Crippen LogP contribution in [0.2, 0.25) is 0 Å². The van der Waals surface area contributed by atoms with Gasteiger partial charge in [0.15, 0.2) is 0 Å². The number of hydrogen-bond donors (Lipinski definition) is 2. The number of nitrogens with one attached hydrogen (secondary N) is 1. The number of amides is 1. The topological polar surface area (TPSA) is 66.4 Å². The molecule has 4 heteroatoms. The predicted molar refractivity (Wildman–Crippen MR) is 71.8 cm³/mol. The molecule has 2 rings (SSSR count). The van der Waals surface area contributed by atoms with Crippen molar-refractivity contribution in [2.45, 2.75) is 38.1 Å². The lowest BCUT2D eigenvalue weighted by Gasteiger charge is -2.20. The molecule has 0 aromatic heterocycles. The summed E-state index contributed by atoms with van der Waals surface area (Å²) in [6.45, 7) is 1.84. The number of carbonyl (C=O) groups is 2. The summed E-state index contributed by atoms with van der Waals surface area (Å²) in [6, 6.07) is 9.30. The van der Waals surface area contributed by atoms with Crippen molar-refractivity contribution in [1.29, 1.82) is 0 Å². The molecule has 1 aliphatic carbocycles. The molecule has 0 heterocycles. The Labute approximate surface area is 112 Å². The summed E-state index contributed by atoms with van der Waals surface area (Å²) in [4.78, 5) is 23.2. The molecule has 1 aromatic carbocycles. The summed E-state index contributed by atoms with van der Waals surface area (Å²) < 4.78 is 0. The molecule has 4 nitrogen and oxygen atoms in total. The number of carboxylic acids is 1. The second-order valence-electron chi connectivity index (χ2n) is 5.12. The number of hydrogen-bond acceptors (Lipinski definition) is 2. The van der Waals surface area contributed by atoms with E-state index in [1.165, 1.54) is 0 Å². The molecule has 1 saturated carbocycles. The highest BCUT2D eigenvalue weighted by Gasteiger charge is 2.34. The molecule has 0 bridgehead atoms. The number of aliphatic carboxylic acids is 1. The molecule has 1 fully saturated rings. The van der Waals surface area contributed by atoms with E-state index in [2.05, 4.69) is 5.32 Å². The first-order valence-corrected chi connectivity index (χ1v) is 6.67. The highest BCUT2D eigenvalue weighted by atomic mass is 16.4. The lowest BCUT2D eigenvalue weighted by atomic mass is 9.98. The van der Waals surface area contributed by atoms with Crippen LogP contribution in [0.5, 0.6) is 0 Å². The van der Waals surface area contributed by atoms with Crippen molar-refractivity contribution in [1.82, 2.24) is 5.32 Å². The lowest BCUT2D eigenvalue weighted by Crippen LogP contribution is -2.41. The fourth-order valence-electron chi connectivity index (χ4n) is 2.63. The molecule has 2 N–H and O–H groups in total. The first-order valence-electron chi connectivity index (χ1n) is 6.67. The molecular weight excluding hydrogens is 242 g/mol. The molecular formula is C15H19NO3. The molecule has 0 spiro atoms. The summed E-state index contributed by atoms with van der Waals surface area (Å²) in [6.07, 6.45) is 2.27. The van der Waals surface area contributed by atoms with Crippen LogP contribution in [-0.2, 0) is 9.59 Å². The van der Waals surface area contributed by atoms with E-state index in [1.807, 2.05) is 37.3 Å². The van der Waals surface area contributed by atoms with Crippen LogP contribution < -0.4 is 5.32 Å². The van der Waals surface area contributed by atoms with Gasteiger partial charge in [0.1, 0.15) is 0 Å². The highest BCUT2D eigenvalue weighted by molar-refractivity contribution is 5.84. The zero-order valence-corrected chi connectivity index (χ0v) is 11.0. The van der Waals surface area contributed by atoms with Crippen LogP contribution in [0.1, 0.15) is 37.7 Å². The molecule has 102 valence electrons. The largest absolute Gasteiger partial charge is 0.481 e. The number of benzene rings is 1. The van der Waals surface area contributed by atoms with Gasteiger partial charge >= 0.3 is 5.97 Å². The first kappa shape index (κ1) is 13.6. The van der Waals surface area contributed by atoms with Gasteiger partial charge in [-0.1, -0.05) is 36.8 Å². The van der Waals surface area contributed by atoms with Crippen molar-refractivity contribution in [3.8, 4) is 0 Å². The van der Waals surface area contributed by atoms with Crippen LogP contribution in [0.3, 0.4) is 0 Å². The number of carboxylic acid groups (broad SMARTS) is 1. The summed E-state index contributed by atoms with van der Waals surface area (Å²) in [5, 5.41) is 12.0. The predicted octanol–water partition coefficient (Wildman–Crippen LogP) is 2.16. The molecule has 1 amide bonds. The minimum absolute atomic E-state index is 0.0932. The second kappa shape index (κ2) is 5.87. The maximum Gasteiger partial charge on any atom is 0.308 e. The Balaban J connectivity index is 1.99. The summed E-state index contributed by atoms with van der Waals surface area (Å²) in [7, 11) is 0. The van der Waals surface area contributed by atoms with Crippen LogP contribution in [0.25, 0.3) is 0 Å². The van der Waals surface area contributed by atoms with Gasteiger partial charge in [-0.3, -0.25) is 9.59 Å². The minimum atomic E-state index is -0.810. The minimum Gasteiger partial charge on any atom is -0.481 e. The average molecular weight is 261 g/mol. The van der Waals surface area contributed by atoms with Crippen molar-refractivity contribution in [3.63, 3.8) is 0 Å². The van der Waals surface area contributed by atoms with Gasteiger partial charge in [0.25, 0.3) is 0 Å². The Hall–Kier alpha value is -1.84. The molecule has 3 unspecified atom stereocenters. The molecule has 0 saturated heterocycles. The second-order valence-corrected chi connectivity index (χ2v) is 5.12. The van der Waals surface area contributed by atoms with Gasteiger partial charge in [0.05, 0.1) is 11.8 Å². The van der Waals surface area contributed by atoms with Gasteiger partial charge in [-0.2, -0.15) is 0 Å². The smallest absolute Gasteiger partial charge is 0.308 e. The molecule has 1 aliphatic rings. The zero-order chi connectivity index (χ0) is 13.8. The molecule has 3 atom stereocenters. The number of rotatable bonds is 4. The third kappa shape index (κ3) is 3.13. The Morgan fingerprint density at radius 3 is 2.58 bits per heavy atom. The number of carbonyl (C=O) groups excluding carboxylic acids is 1. The standard InChI is InChI=1S/C15H19NO3/c1-10(11-6-3-2-4-7-11)14(17)16-13-9-5-8-12(13)15(18)19/h2-4,6-7,10,12-13H,5,8-9H2,1H3,(H,16,17)(H,18,19). The summed E-state index contributed by atoms with van der Waals surface area (Å²) >= 11 is 0. The van der Waals surface area contributed by atoms with Crippen molar-refractivity contribution < 1.29 is 14.7 Å². The monoisotopic (exact) mass is 261 g/mol. The van der Waals surface area contributed by atoms with Crippen LogP contribution in [-0.4, -0.2) is 23.0 Å². The fraction of sp³-hybridized carbons (Fsp3) is 0.467. The van der Waals surface area contributed by atoms with Crippen molar-refractivity contribution in [2.75, 3.05) is 0 Å². The van der Waals surface area contributed by atoms with Gasteiger partial charge in [0, 0.05) is 6.04 Å². The van der Waals surface area contributed by atoms with E-state index in [0.717, 1.165) is 18.4 Å². The van der Waals surface area contributed by atoms with Gasteiger partial charge in [-0.05, 0) is 25.3 Å². The Kier molecular flexibility index (Phi) is 4.20. The molecule has 0 radical (unpaired) electrons. The van der Waals surface area contributed by atoms with Crippen LogP contribution in [0, 0.1) is 5.92 Å². The quantitative estimate of drug-likeness (QED) is 0.872. The van der Waals surface area contributed by atoms with E-state index in [0.29, 0.717) is 6.42 Å². The zero-order valence-electron chi connectivity index (χ0n) is 11.0. The third-order valence-corrected chi connectivity index (χ3v) is 3.85. The van der Waals surface area contributed by atoms with Gasteiger partial charge in [-0.15, -0.1) is 0 Å². The summed E-state index contributed by atoms with van der Waals surface area (Å²) in [5.74, 6) is -1.59. The van der Waals surface area contributed by atoms with E-state index in [4.69, 9.17) is 5.11 Å². The van der Waals surface area contributed by atoms with Gasteiger partial charge < -0.3 is 10.4 Å². The SMILES string of the molecule is CC(C(=O)NC1CCCC1C(=O)O)c1ccccc1. The maximum absolute atomic E-state index is 12.2. The van der Waals surface area contributed by atoms with E-state index in [9.17, 15) is 9.59 Å². The maximum atomic E-state index is 12.2. The molecule has 0 aliphatic heterocycles. The van der Waals surface area contributed by atoms with Crippen molar-refractivity contribution >= 4 is 11.9 Å². The summed E-state index contributed by atoms with van der Waals surface area (Å²) in [5.41, 5.74) is 0.949. The molecule has 19 heavy (non-hydrogen) atoms. The average Bonchev–Trinajstić information content (AvgIpc) is 2.87. The molecule has 1 aromatic rings. The van der Waals surface area contributed by atoms with E-state index >= 15 is 0 Å². The van der Waals surface area contributed by atoms with E-state index in [-0.39, 0.29) is 17.9 Å². The van der Waals surface area contributed by atoms with Gasteiger partial charge in [-0.25, -0.2) is 0 Å². The fourth-order valence-corrected chi connectivity index (χ4v) is 2.63. The van der Waals surface area contributed by atoms with E-state index < -0.39 is 11.9 Å². The van der Waals surface area contributed by atoms with Crippen LogP contribution in [0.4, 0.5) is 0 Å². The lowest BCUT2D eigenvalue weighted by molar-refractivity contribution is -0.142. The Bertz CT molecular complexity index is 458. The normalized spacial score (nSPS) is 23.8. The van der Waals surface area contributed by atoms with Gasteiger partial charge in [0.2, 0.25) is 5.91 Å². The van der Waals surface area contributed by atoms with Crippen LogP contribution >= 0.6 is 0 Å². The Morgan fingerprint density at radius 1 is 1.26 bits per heavy atom. The van der Waals surface area contributed by atoms with E-state index in [1.54, 1.807) is 0 Å². The Morgan fingerprint density at radius 2 is 1.95 bits per heavy atom. The third-order valence-electron chi connectivity index (χ3n) is 3.85. The highest BCUT2D eigenvalue weighted by Crippen LogP contribution is 2.26.